The molecule has 2 rings (SSSR count). The van der Waals surface area contributed by atoms with Crippen molar-refractivity contribution in [1.29, 1.82) is 0 Å². The SMILES string of the molecule is [NH3+][C@@]1(C(=O)O)CC[C@@H]1Sc1ccccc1. The van der Waals surface area contributed by atoms with Gasteiger partial charge in [-0.15, -0.1) is 11.8 Å². The van der Waals surface area contributed by atoms with Crippen molar-refractivity contribution in [3.05, 3.63) is 30.3 Å². The summed E-state index contributed by atoms with van der Waals surface area (Å²) in [7, 11) is 0. The van der Waals surface area contributed by atoms with E-state index in [0.717, 1.165) is 11.3 Å². The summed E-state index contributed by atoms with van der Waals surface area (Å²) in [5.41, 5.74) is 3.05. The number of quaternary nitrogens is 1. The Morgan fingerprint density at radius 3 is 2.60 bits per heavy atom. The molecule has 1 aliphatic carbocycles. The predicted molar refractivity (Wildman–Crippen MR) is 58.6 cm³/mol. The van der Waals surface area contributed by atoms with Gasteiger partial charge in [-0.2, -0.15) is 0 Å². The third kappa shape index (κ3) is 1.87. The van der Waals surface area contributed by atoms with Crippen LogP contribution >= 0.6 is 11.8 Å². The summed E-state index contributed by atoms with van der Waals surface area (Å²) in [6.07, 6.45) is 1.63. The molecule has 4 heteroatoms. The molecule has 2 atom stereocenters. The summed E-state index contributed by atoms with van der Waals surface area (Å²) in [6.45, 7) is 0. The van der Waals surface area contributed by atoms with Gasteiger partial charge < -0.3 is 10.8 Å². The van der Waals surface area contributed by atoms with Crippen molar-refractivity contribution in [2.75, 3.05) is 0 Å². The molecule has 0 unspecified atom stereocenters. The van der Waals surface area contributed by atoms with Crippen LogP contribution in [0.5, 0.6) is 0 Å². The van der Waals surface area contributed by atoms with Crippen LogP contribution in [0.2, 0.25) is 0 Å². The smallest absolute Gasteiger partial charge is 0.366 e. The summed E-state index contributed by atoms with van der Waals surface area (Å²) in [6, 6.07) is 9.90. The van der Waals surface area contributed by atoms with Crippen LogP contribution < -0.4 is 5.73 Å². The van der Waals surface area contributed by atoms with Gasteiger partial charge in [-0.3, -0.25) is 0 Å². The highest BCUT2D eigenvalue weighted by atomic mass is 32.2. The lowest BCUT2D eigenvalue weighted by molar-refractivity contribution is -0.478. The van der Waals surface area contributed by atoms with Gasteiger partial charge in [-0.05, 0) is 18.6 Å². The second-order valence-corrected chi connectivity index (χ2v) is 5.20. The molecule has 0 saturated heterocycles. The Morgan fingerprint density at radius 2 is 2.13 bits per heavy atom. The largest absolute Gasteiger partial charge is 0.477 e. The van der Waals surface area contributed by atoms with Gasteiger partial charge in [0.05, 0.1) is 5.25 Å². The highest BCUT2D eigenvalue weighted by Crippen LogP contribution is 2.41. The molecule has 0 radical (unpaired) electrons. The molecule has 80 valence electrons. The van der Waals surface area contributed by atoms with E-state index < -0.39 is 11.5 Å². The maximum Gasteiger partial charge on any atom is 0.366 e. The molecule has 15 heavy (non-hydrogen) atoms. The summed E-state index contributed by atoms with van der Waals surface area (Å²) in [4.78, 5) is 12.1. The van der Waals surface area contributed by atoms with Crippen molar-refractivity contribution < 1.29 is 15.6 Å². The molecule has 1 fully saturated rings. The first-order valence-corrected chi connectivity index (χ1v) is 5.81. The molecule has 0 amide bonds. The van der Waals surface area contributed by atoms with E-state index >= 15 is 0 Å². The molecule has 4 N–H and O–H groups in total. The lowest BCUT2D eigenvalue weighted by Crippen LogP contribution is -2.85. The molecule has 1 aromatic carbocycles. The molecule has 0 spiro atoms. The van der Waals surface area contributed by atoms with Gasteiger partial charge in [0.15, 0.2) is 0 Å². The highest BCUT2D eigenvalue weighted by Gasteiger charge is 2.54. The molecule has 3 nitrogen and oxygen atoms in total. The second-order valence-electron chi connectivity index (χ2n) is 3.92. The normalized spacial score (nSPS) is 29.5. The van der Waals surface area contributed by atoms with Crippen LogP contribution in [0.3, 0.4) is 0 Å². The Morgan fingerprint density at radius 1 is 1.47 bits per heavy atom. The number of carbonyl (C=O) groups is 1. The Kier molecular flexibility index (Phi) is 2.71. The zero-order valence-corrected chi connectivity index (χ0v) is 9.17. The third-order valence-corrected chi connectivity index (χ3v) is 4.43. The van der Waals surface area contributed by atoms with Crippen LogP contribution in [0.15, 0.2) is 35.2 Å². The van der Waals surface area contributed by atoms with Crippen LogP contribution in [0.1, 0.15) is 12.8 Å². The van der Waals surface area contributed by atoms with E-state index in [1.807, 2.05) is 30.3 Å². The molecule has 1 aliphatic rings. The van der Waals surface area contributed by atoms with Gasteiger partial charge in [0.1, 0.15) is 0 Å². The second kappa shape index (κ2) is 3.87. The van der Waals surface area contributed by atoms with Gasteiger partial charge in [-0.1, -0.05) is 18.2 Å². The minimum Gasteiger partial charge on any atom is -0.477 e. The Labute approximate surface area is 92.7 Å². The number of hydrogen-bond donors (Lipinski definition) is 2. The van der Waals surface area contributed by atoms with Crippen LogP contribution in [0, 0.1) is 0 Å². The fourth-order valence-corrected chi connectivity index (χ4v) is 3.01. The van der Waals surface area contributed by atoms with Gasteiger partial charge in [0.25, 0.3) is 0 Å². The summed E-state index contributed by atoms with van der Waals surface area (Å²) < 4.78 is 0. The maximum atomic E-state index is 11.0. The van der Waals surface area contributed by atoms with Crippen LogP contribution in [-0.2, 0) is 4.79 Å². The fraction of sp³-hybridized carbons (Fsp3) is 0.364. The Hall–Kier alpha value is -1.00. The van der Waals surface area contributed by atoms with E-state index in [4.69, 9.17) is 5.11 Å². The first-order valence-electron chi connectivity index (χ1n) is 4.93. The third-order valence-electron chi connectivity index (χ3n) is 2.92. The summed E-state index contributed by atoms with van der Waals surface area (Å²) >= 11 is 1.62. The van der Waals surface area contributed by atoms with E-state index in [-0.39, 0.29) is 5.25 Å². The molecule has 0 aromatic heterocycles. The average Bonchev–Trinajstić information content (AvgIpc) is 2.24. The Bertz CT molecular complexity index is 368. The van der Waals surface area contributed by atoms with Crippen LogP contribution in [0.25, 0.3) is 0 Å². The zero-order valence-electron chi connectivity index (χ0n) is 8.35. The van der Waals surface area contributed by atoms with E-state index in [0.29, 0.717) is 6.42 Å². The van der Waals surface area contributed by atoms with Crippen LogP contribution in [0.4, 0.5) is 0 Å². The van der Waals surface area contributed by atoms with E-state index in [2.05, 4.69) is 5.73 Å². The molecule has 0 heterocycles. The molecular formula is C11H14NO2S+. The standard InChI is InChI=1S/C11H13NO2S/c12-11(10(13)14)7-6-9(11)15-8-4-2-1-3-5-8/h1-5,9H,6-7,12H2,(H,13,14)/p+1/t9-,11-/m0/s1. The van der Waals surface area contributed by atoms with Crippen molar-refractivity contribution in [3.8, 4) is 0 Å². The number of thioether (sulfide) groups is 1. The van der Waals surface area contributed by atoms with Gasteiger partial charge >= 0.3 is 5.97 Å². The molecule has 1 saturated carbocycles. The molecular weight excluding hydrogens is 210 g/mol. The topological polar surface area (TPSA) is 64.9 Å². The number of carboxylic acid groups (broad SMARTS) is 1. The number of hydrogen-bond acceptors (Lipinski definition) is 2. The van der Waals surface area contributed by atoms with Crippen molar-refractivity contribution in [2.24, 2.45) is 0 Å². The van der Waals surface area contributed by atoms with Crippen LogP contribution in [-0.4, -0.2) is 21.9 Å². The van der Waals surface area contributed by atoms with E-state index in [1.54, 1.807) is 11.8 Å². The van der Waals surface area contributed by atoms with Gasteiger partial charge in [-0.25, -0.2) is 4.79 Å². The number of rotatable bonds is 3. The molecule has 0 aliphatic heterocycles. The first kappa shape index (κ1) is 10.5. The predicted octanol–water partition coefficient (Wildman–Crippen LogP) is 1.01. The number of carboxylic acids is 1. The number of benzene rings is 1. The van der Waals surface area contributed by atoms with Crippen molar-refractivity contribution in [1.82, 2.24) is 0 Å². The maximum absolute atomic E-state index is 11.0. The van der Waals surface area contributed by atoms with Crippen molar-refractivity contribution >= 4 is 17.7 Å². The molecule has 1 aromatic rings. The fourth-order valence-electron chi connectivity index (χ4n) is 1.69. The van der Waals surface area contributed by atoms with Crippen molar-refractivity contribution in [2.45, 2.75) is 28.5 Å². The summed E-state index contributed by atoms with van der Waals surface area (Å²) in [5.74, 6) is -0.776. The van der Waals surface area contributed by atoms with Crippen molar-refractivity contribution in [3.63, 3.8) is 0 Å². The van der Waals surface area contributed by atoms with Gasteiger partial charge in [0.2, 0.25) is 5.54 Å². The first-order chi connectivity index (χ1) is 7.13. The lowest BCUT2D eigenvalue weighted by atomic mass is 9.77. The van der Waals surface area contributed by atoms with E-state index in [1.165, 1.54) is 0 Å². The Balaban J connectivity index is 2.06. The monoisotopic (exact) mass is 224 g/mol. The minimum absolute atomic E-state index is 0.109. The zero-order chi connectivity index (χ0) is 10.9. The average molecular weight is 224 g/mol. The lowest BCUT2D eigenvalue weighted by Gasteiger charge is -2.38. The summed E-state index contributed by atoms with van der Waals surface area (Å²) in [5, 5.41) is 9.17. The highest BCUT2D eigenvalue weighted by molar-refractivity contribution is 8.00. The quantitative estimate of drug-likeness (QED) is 0.805. The number of aliphatic carboxylic acids is 1. The molecule has 0 bridgehead atoms. The van der Waals surface area contributed by atoms with E-state index in [9.17, 15) is 4.79 Å². The van der Waals surface area contributed by atoms with Gasteiger partial charge in [0, 0.05) is 11.3 Å². The minimum atomic E-state index is -0.777.